The number of ether oxygens (including phenoxy) is 1. The van der Waals surface area contributed by atoms with E-state index in [1.165, 1.54) is 32.1 Å². The molecule has 0 aromatic carbocycles. The van der Waals surface area contributed by atoms with E-state index >= 15 is 0 Å². The normalized spacial score (nSPS) is 17.0. The Balaban J connectivity index is 2.17. The Morgan fingerprint density at radius 1 is 1.19 bits per heavy atom. The van der Waals surface area contributed by atoms with Gasteiger partial charge in [0.2, 0.25) is 0 Å². The predicted octanol–water partition coefficient (Wildman–Crippen LogP) is 4.96. The fourth-order valence-electron chi connectivity index (χ4n) is 3.19. The van der Waals surface area contributed by atoms with Gasteiger partial charge in [-0.05, 0) is 51.7 Å². The summed E-state index contributed by atoms with van der Waals surface area (Å²) in [5, 5.41) is 0. The summed E-state index contributed by atoms with van der Waals surface area (Å²) in [5.41, 5.74) is 1.72. The second-order valence-electron chi connectivity index (χ2n) is 7.19. The third kappa shape index (κ3) is 4.36. The monoisotopic (exact) mass is 291 g/mol. The molecule has 1 saturated carbocycles. The van der Waals surface area contributed by atoms with Crippen LogP contribution in [0.3, 0.4) is 0 Å². The lowest BCUT2D eigenvalue weighted by Crippen LogP contribution is -2.29. The highest BCUT2D eigenvalue weighted by Crippen LogP contribution is 2.28. The van der Waals surface area contributed by atoms with E-state index in [-0.39, 0.29) is 6.09 Å². The highest BCUT2D eigenvalue weighted by molar-refractivity contribution is 5.73. The Bertz CT molecular complexity index is 476. The van der Waals surface area contributed by atoms with Crippen LogP contribution in [0.5, 0.6) is 0 Å². The van der Waals surface area contributed by atoms with Crippen LogP contribution < -0.4 is 0 Å². The van der Waals surface area contributed by atoms with Gasteiger partial charge in [0.1, 0.15) is 5.60 Å². The molecule has 0 spiro atoms. The van der Waals surface area contributed by atoms with Crippen molar-refractivity contribution >= 4 is 6.09 Å². The highest BCUT2D eigenvalue weighted by Gasteiger charge is 2.23. The fourth-order valence-corrected chi connectivity index (χ4v) is 3.19. The van der Waals surface area contributed by atoms with Gasteiger partial charge < -0.3 is 4.74 Å². The molecule has 0 atom stereocenters. The molecule has 0 amide bonds. The zero-order valence-electron chi connectivity index (χ0n) is 13.9. The van der Waals surface area contributed by atoms with E-state index in [1.54, 1.807) is 4.57 Å². The van der Waals surface area contributed by atoms with Crippen molar-refractivity contribution < 1.29 is 9.53 Å². The molecule has 1 aliphatic rings. The van der Waals surface area contributed by atoms with Crippen LogP contribution in [-0.2, 0) is 17.6 Å². The minimum absolute atomic E-state index is 0.227. The summed E-state index contributed by atoms with van der Waals surface area (Å²) in [4.78, 5) is 12.5. The van der Waals surface area contributed by atoms with Gasteiger partial charge in [-0.2, -0.15) is 0 Å². The molecule has 0 saturated heterocycles. The van der Waals surface area contributed by atoms with Gasteiger partial charge in [0.25, 0.3) is 0 Å². The number of hydrogen-bond acceptors (Lipinski definition) is 2. The van der Waals surface area contributed by atoms with Crippen molar-refractivity contribution in [3.63, 3.8) is 0 Å². The minimum Gasteiger partial charge on any atom is -0.443 e. The molecule has 1 heterocycles. The Labute approximate surface area is 128 Å². The average Bonchev–Trinajstić information content (AvgIpc) is 2.81. The topological polar surface area (TPSA) is 31.2 Å². The smallest absolute Gasteiger partial charge is 0.418 e. The quantitative estimate of drug-likeness (QED) is 0.788. The number of aryl methyl sites for hydroxylation is 1. The molecule has 0 aliphatic heterocycles. The molecule has 0 bridgehead atoms. The first-order chi connectivity index (χ1) is 9.90. The number of carbonyl (C=O) groups excluding carboxylic acids is 1. The second-order valence-corrected chi connectivity index (χ2v) is 7.19. The molecule has 1 fully saturated rings. The summed E-state index contributed by atoms with van der Waals surface area (Å²) >= 11 is 0. The van der Waals surface area contributed by atoms with Gasteiger partial charge in [-0.3, -0.25) is 4.57 Å². The van der Waals surface area contributed by atoms with Gasteiger partial charge in [0.15, 0.2) is 0 Å². The largest absolute Gasteiger partial charge is 0.443 e. The van der Waals surface area contributed by atoms with E-state index in [0.717, 1.165) is 30.1 Å². The summed E-state index contributed by atoms with van der Waals surface area (Å²) in [6.45, 7) is 7.84. The molecule has 1 aliphatic carbocycles. The molecule has 0 radical (unpaired) electrons. The Morgan fingerprint density at radius 2 is 1.81 bits per heavy atom. The maximum Gasteiger partial charge on any atom is 0.418 e. The maximum absolute atomic E-state index is 12.5. The van der Waals surface area contributed by atoms with E-state index in [2.05, 4.69) is 19.1 Å². The van der Waals surface area contributed by atoms with Crippen molar-refractivity contribution in [3.8, 4) is 0 Å². The Kier molecular flexibility index (Phi) is 5.13. The molecule has 0 N–H and O–H groups in total. The first kappa shape index (κ1) is 16.1. The number of hydrogen-bond donors (Lipinski definition) is 0. The number of rotatable bonds is 3. The van der Waals surface area contributed by atoms with Gasteiger partial charge >= 0.3 is 6.09 Å². The maximum atomic E-state index is 12.5. The molecule has 1 aromatic rings. The van der Waals surface area contributed by atoms with Gasteiger partial charge in [0, 0.05) is 11.4 Å². The molecule has 3 heteroatoms. The predicted molar refractivity (Wildman–Crippen MR) is 85.7 cm³/mol. The lowest BCUT2D eigenvalue weighted by molar-refractivity contribution is 0.0527. The third-order valence-electron chi connectivity index (χ3n) is 4.20. The van der Waals surface area contributed by atoms with Crippen LogP contribution in [-0.4, -0.2) is 16.3 Å². The van der Waals surface area contributed by atoms with Crippen LogP contribution in [0.1, 0.15) is 71.2 Å². The molecule has 21 heavy (non-hydrogen) atoms. The molecule has 1 aromatic heterocycles. The molecule has 118 valence electrons. The van der Waals surface area contributed by atoms with Crippen molar-refractivity contribution in [2.45, 2.75) is 78.2 Å². The summed E-state index contributed by atoms with van der Waals surface area (Å²) in [6, 6.07) is 4.18. The third-order valence-corrected chi connectivity index (χ3v) is 4.20. The van der Waals surface area contributed by atoms with Gasteiger partial charge in [-0.1, -0.05) is 39.0 Å². The Hall–Kier alpha value is -1.25. The SMILES string of the molecule is CCc1ccc(CC2CCCCC2)n1C(=O)OC(C)(C)C. The summed E-state index contributed by atoms with van der Waals surface area (Å²) < 4.78 is 7.38. The first-order valence-corrected chi connectivity index (χ1v) is 8.33. The fraction of sp³-hybridized carbons (Fsp3) is 0.722. The lowest BCUT2D eigenvalue weighted by Gasteiger charge is -2.24. The molecular weight excluding hydrogens is 262 g/mol. The molecule has 3 nitrogen and oxygen atoms in total. The summed E-state index contributed by atoms with van der Waals surface area (Å²) in [6.07, 6.45) is 8.24. The van der Waals surface area contributed by atoms with Crippen LogP contribution in [0.15, 0.2) is 12.1 Å². The number of carbonyl (C=O) groups is 1. The summed E-state index contributed by atoms with van der Waals surface area (Å²) in [7, 11) is 0. The Morgan fingerprint density at radius 3 is 2.38 bits per heavy atom. The van der Waals surface area contributed by atoms with Crippen molar-refractivity contribution in [1.29, 1.82) is 0 Å². The number of aromatic nitrogens is 1. The van der Waals surface area contributed by atoms with Crippen LogP contribution in [0, 0.1) is 5.92 Å². The van der Waals surface area contributed by atoms with Crippen LogP contribution in [0.2, 0.25) is 0 Å². The standard InChI is InChI=1S/C18H29NO2/c1-5-15-11-12-16(13-14-9-7-6-8-10-14)19(15)17(20)21-18(2,3)4/h11-12,14H,5-10,13H2,1-4H3. The second kappa shape index (κ2) is 6.67. The number of nitrogens with zero attached hydrogens (tertiary/aromatic N) is 1. The van der Waals surface area contributed by atoms with E-state index in [0.29, 0.717) is 0 Å². The minimum atomic E-state index is -0.450. The van der Waals surface area contributed by atoms with E-state index in [4.69, 9.17) is 4.74 Å². The van der Waals surface area contributed by atoms with Crippen LogP contribution in [0.4, 0.5) is 4.79 Å². The van der Waals surface area contributed by atoms with E-state index in [1.807, 2.05) is 20.8 Å². The van der Waals surface area contributed by atoms with Crippen molar-refractivity contribution in [3.05, 3.63) is 23.5 Å². The zero-order chi connectivity index (χ0) is 15.5. The lowest BCUT2D eigenvalue weighted by atomic mass is 9.86. The zero-order valence-corrected chi connectivity index (χ0v) is 13.9. The van der Waals surface area contributed by atoms with Crippen molar-refractivity contribution in [2.24, 2.45) is 5.92 Å². The van der Waals surface area contributed by atoms with Gasteiger partial charge in [-0.15, -0.1) is 0 Å². The molecule has 2 rings (SSSR count). The van der Waals surface area contributed by atoms with E-state index in [9.17, 15) is 4.79 Å². The van der Waals surface area contributed by atoms with Gasteiger partial charge in [0.05, 0.1) is 0 Å². The van der Waals surface area contributed by atoms with E-state index < -0.39 is 5.60 Å². The summed E-state index contributed by atoms with van der Waals surface area (Å²) in [5.74, 6) is 0.722. The van der Waals surface area contributed by atoms with Crippen molar-refractivity contribution in [1.82, 2.24) is 4.57 Å². The first-order valence-electron chi connectivity index (χ1n) is 8.33. The molecule has 0 unspecified atom stereocenters. The van der Waals surface area contributed by atoms with Crippen LogP contribution in [0.25, 0.3) is 0 Å². The van der Waals surface area contributed by atoms with Gasteiger partial charge in [-0.25, -0.2) is 4.79 Å². The molecular formula is C18H29NO2. The average molecular weight is 291 g/mol. The van der Waals surface area contributed by atoms with Crippen LogP contribution >= 0.6 is 0 Å². The highest BCUT2D eigenvalue weighted by atomic mass is 16.6. The van der Waals surface area contributed by atoms with Crippen molar-refractivity contribution in [2.75, 3.05) is 0 Å².